The van der Waals surface area contributed by atoms with E-state index in [4.69, 9.17) is 0 Å². The van der Waals surface area contributed by atoms with Gasteiger partial charge in [-0.1, -0.05) is 165 Å². The van der Waals surface area contributed by atoms with E-state index in [1.165, 1.54) is 34.2 Å². The lowest BCUT2D eigenvalue weighted by atomic mass is 9.91. The average molecular weight is 531 g/mol. The second-order valence-corrected chi connectivity index (χ2v) is 10.2. The maximum Gasteiger partial charge on any atom is 0.123 e. The Bertz CT molecular complexity index is 1270. The van der Waals surface area contributed by atoms with Crippen LogP contribution in [0.2, 0.25) is 0 Å². The molecule has 0 aromatic heterocycles. The average Bonchev–Trinajstić information content (AvgIpc) is 3.70. The molecule has 208 valence electrons. The van der Waals surface area contributed by atoms with E-state index < -0.39 is 0 Å². The van der Waals surface area contributed by atoms with Gasteiger partial charge in [-0.3, -0.25) is 0 Å². The van der Waals surface area contributed by atoms with Gasteiger partial charge in [0.05, 0.1) is 0 Å². The fourth-order valence-corrected chi connectivity index (χ4v) is 4.39. The summed E-state index contributed by atoms with van der Waals surface area (Å²) in [6.07, 6.45) is 16.4. The second-order valence-electron chi connectivity index (χ2n) is 10.2. The highest BCUT2D eigenvalue weighted by atomic mass is 16.3. The molecule has 0 aliphatic heterocycles. The molecule has 0 spiro atoms. The minimum Gasteiger partial charge on any atom is -0.507 e. The number of rotatable bonds is 6. The molecule has 2 unspecified atom stereocenters. The van der Waals surface area contributed by atoms with E-state index in [1.54, 1.807) is 6.08 Å². The van der Waals surface area contributed by atoms with Crippen LogP contribution < -0.4 is 0 Å². The van der Waals surface area contributed by atoms with Gasteiger partial charge in [0.15, 0.2) is 0 Å². The zero-order valence-corrected chi connectivity index (χ0v) is 25.0. The first-order chi connectivity index (χ1) is 19.2. The van der Waals surface area contributed by atoms with Gasteiger partial charge in [0, 0.05) is 5.56 Å². The molecule has 3 aromatic rings. The molecule has 1 heteroatoms. The van der Waals surface area contributed by atoms with Gasteiger partial charge in [0.2, 0.25) is 0 Å². The van der Waals surface area contributed by atoms with Crippen LogP contribution in [-0.4, -0.2) is 5.11 Å². The summed E-state index contributed by atoms with van der Waals surface area (Å²) < 4.78 is 0. The van der Waals surface area contributed by atoms with E-state index in [1.807, 2.05) is 57.2 Å². The van der Waals surface area contributed by atoms with Crippen molar-refractivity contribution in [3.05, 3.63) is 162 Å². The van der Waals surface area contributed by atoms with Crippen molar-refractivity contribution in [2.75, 3.05) is 0 Å². The first-order valence-corrected chi connectivity index (χ1v) is 14.1. The Labute approximate surface area is 243 Å². The first kappa shape index (κ1) is 32.1. The summed E-state index contributed by atoms with van der Waals surface area (Å²) in [6.45, 7) is 21.6. The van der Waals surface area contributed by atoms with Crippen LogP contribution in [0.25, 0.3) is 17.9 Å². The van der Waals surface area contributed by atoms with Crippen LogP contribution in [0.4, 0.5) is 0 Å². The molecule has 0 heterocycles. The number of fused-ring (bicyclic) bond motifs is 1. The van der Waals surface area contributed by atoms with Gasteiger partial charge in [0.25, 0.3) is 0 Å². The van der Waals surface area contributed by atoms with E-state index in [0.717, 1.165) is 17.6 Å². The standard InChI is InChI=1S/C19H20O.2C9H10.C2H6/c1-14-6-8-16(9-7-14)18(20)11-15(2)12-19-10-4-3-5-17(19)13-19;2*1-3-9-6-4-8(2)5-7-9;1-2/h3-11,17,20H,2,12-13H2,1H3;2*3-7H,1H2,2H3;1-2H3/b18-11-;;;. The molecule has 1 N–H and O–H groups in total. The molecule has 1 saturated carbocycles. The molecule has 0 saturated heterocycles. The summed E-state index contributed by atoms with van der Waals surface area (Å²) in [4.78, 5) is 0. The lowest BCUT2D eigenvalue weighted by Crippen LogP contribution is -2.02. The van der Waals surface area contributed by atoms with Crippen molar-refractivity contribution in [3.8, 4) is 0 Å². The highest BCUT2D eigenvalue weighted by molar-refractivity contribution is 5.61. The summed E-state index contributed by atoms with van der Waals surface area (Å²) in [5.74, 6) is 0.970. The van der Waals surface area contributed by atoms with Gasteiger partial charge in [0.1, 0.15) is 5.76 Å². The Balaban J connectivity index is 0.000000233. The van der Waals surface area contributed by atoms with Gasteiger partial charge in [-0.05, 0) is 62.1 Å². The molecule has 1 fully saturated rings. The zero-order valence-electron chi connectivity index (χ0n) is 25.0. The monoisotopic (exact) mass is 530 g/mol. The van der Waals surface area contributed by atoms with E-state index in [0.29, 0.717) is 11.7 Å². The number of hydrogen-bond donors (Lipinski definition) is 1. The van der Waals surface area contributed by atoms with E-state index in [-0.39, 0.29) is 5.41 Å². The molecule has 2 atom stereocenters. The number of hydrogen-bond acceptors (Lipinski definition) is 1. The maximum atomic E-state index is 10.2. The van der Waals surface area contributed by atoms with E-state index in [2.05, 4.69) is 106 Å². The highest BCUT2D eigenvalue weighted by Crippen LogP contribution is 2.59. The van der Waals surface area contributed by atoms with Crippen molar-refractivity contribution in [2.24, 2.45) is 11.3 Å². The summed E-state index contributed by atoms with van der Waals surface area (Å²) in [5.41, 5.74) is 8.25. The van der Waals surface area contributed by atoms with Gasteiger partial charge in [-0.25, -0.2) is 0 Å². The topological polar surface area (TPSA) is 20.2 Å². The second kappa shape index (κ2) is 16.1. The van der Waals surface area contributed by atoms with Crippen molar-refractivity contribution in [1.82, 2.24) is 0 Å². The van der Waals surface area contributed by atoms with Gasteiger partial charge in [-0.2, -0.15) is 0 Å². The SMILES string of the molecule is C=C(/C=C(\O)c1ccc(C)cc1)CC12C=CC=CC1C2.C=Cc1ccc(C)cc1.C=Cc1ccc(C)cc1.CC. The smallest absolute Gasteiger partial charge is 0.123 e. The van der Waals surface area contributed by atoms with Gasteiger partial charge in [-0.15, -0.1) is 0 Å². The van der Waals surface area contributed by atoms with Crippen LogP contribution in [0.5, 0.6) is 0 Å². The molecule has 2 aliphatic rings. The number of aryl methyl sites for hydroxylation is 3. The van der Waals surface area contributed by atoms with Crippen LogP contribution in [0.1, 0.15) is 60.1 Å². The minimum absolute atomic E-state index is 0.274. The lowest BCUT2D eigenvalue weighted by Gasteiger charge is -2.14. The summed E-state index contributed by atoms with van der Waals surface area (Å²) in [5, 5.41) is 10.2. The predicted octanol–water partition coefficient (Wildman–Crippen LogP) is 11.3. The normalized spacial score (nSPS) is 17.8. The minimum atomic E-state index is 0.274. The fourth-order valence-electron chi connectivity index (χ4n) is 4.39. The molecule has 3 aromatic carbocycles. The molecule has 0 amide bonds. The van der Waals surface area contributed by atoms with E-state index in [9.17, 15) is 5.11 Å². The van der Waals surface area contributed by atoms with Crippen molar-refractivity contribution in [3.63, 3.8) is 0 Å². The highest BCUT2D eigenvalue weighted by Gasteiger charge is 2.50. The molecule has 0 radical (unpaired) electrons. The van der Waals surface area contributed by atoms with Gasteiger partial charge >= 0.3 is 0 Å². The molecule has 2 aliphatic carbocycles. The van der Waals surface area contributed by atoms with Crippen molar-refractivity contribution in [2.45, 2.75) is 47.5 Å². The van der Waals surface area contributed by atoms with Crippen molar-refractivity contribution < 1.29 is 5.11 Å². The Morgan fingerprint density at radius 1 is 0.775 bits per heavy atom. The third-order valence-electron chi connectivity index (χ3n) is 6.93. The number of benzene rings is 3. The summed E-state index contributed by atoms with van der Waals surface area (Å²) in [7, 11) is 0. The van der Waals surface area contributed by atoms with Crippen LogP contribution in [0.15, 0.2) is 128 Å². The molecule has 0 bridgehead atoms. The molecule has 5 rings (SSSR count). The van der Waals surface area contributed by atoms with Crippen LogP contribution >= 0.6 is 0 Å². The number of allylic oxidation sites excluding steroid dienone is 6. The molecular formula is C39H46O. The van der Waals surface area contributed by atoms with Crippen LogP contribution in [-0.2, 0) is 0 Å². The number of aliphatic hydroxyl groups excluding tert-OH is 1. The Kier molecular flexibility index (Phi) is 12.9. The summed E-state index contributed by atoms with van der Waals surface area (Å²) >= 11 is 0. The largest absolute Gasteiger partial charge is 0.507 e. The van der Waals surface area contributed by atoms with Crippen LogP contribution in [0.3, 0.4) is 0 Å². The molecule has 40 heavy (non-hydrogen) atoms. The maximum absolute atomic E-state index is 10.2. The third-order valence-corrected chi connectivity index (χ3v) is 6.93. The zero-order chi connectivity index (χ0) is 29.5. The fraction of sp³-hybridized carbons (Fsp3) is 0.231. The van der Waals surface area contributed by atoms with E-state index >= 15 is 0 Å². The lowest BCUT2D eigenvalue weighted by molar-refractivity contribution is 0.510. The molecule has 1 nitrogen and oxygen atoms in total. The Morgan fingerprint density at radius 3 is 1.65 bits per heavy atom. The quantitative estimate of drug-likeness (QED) is 0.248. The van der Waals surface area contributed by atoms with Gasteiger partial charge < -0.3 is 5.11 Å². The molecular weight excluding hydrogens is 484 g/mol. The predicted molar refractivity (Wildman–Crippen MR) is 178 cm³/mol. The Morgan fingerprint density at radius 2 is 1.23 bits per heavy atom. The van der Waals surface area contributed by atoms with Crippen molar-refractivity contribution >= 4 is 17.9 Å². The first-order valence-electron chi connectivity index (χ1n) is 14.1. The third kappa shape index (κ3) is 10.2. The summed E-state index contributed by atoms with van der Waals surface area (Å²) in [6, 6.07) is 24.4. The van der Waals surface area contributed by atoms with Crippen molar-refractivity contribution in [1.29, 1.82) is 0 Å². The van der Waals surface area contributed by atoms with Crippen LogP contribution in [0, 0.1) is 32.1 Å². The number of aliphatic hydroxyl groups is 1. The Hall–Kier alpha value is -4.10.